The topological polar surface area (TPSA) is 80.5 Å². The van der Waals surface area contributed by atoms with Crippen LogP contribution in [0.25, 0.3) is 23.1 Å². The average Bonchev–Trinajstić information content (AvgIpc) is 2.71. The maximum Gasteiger partial charge on any atom is 0.276 e. The fraction of sp³-hybridized carbons (Fsp3) is 0.227. The molecule has 1 heterocycles. The number of methoxy groups -OCH3 is 1. The van der Waals surface area contributed by atoms with Crippen molar-refractivity contribution in [2.75, 3.05) is 39.6 Å². The van der Waals surface area contributed by atoms with Crippen LogP contribution in [0.1, 0.15) is 11.3 Å². The van der Waals surface area contributed by atoms with Crippen LogP contribution < -0.4 is 10.1 Å². The van der Waals surface area contributed by atoms with Gasteiger partial charge in [0.05, 0.1) is 28.8 Å². The highest BCUT2D eigenvalue weighted by molar-refractivity contribution is 5.94. The minimum Gasteiger partial charge on any atom is -0.497 e. The van der Waals surface area contributed by atoms with Crippen molar-refractivity contribution in [3.05, 3.63) is 69.9 Å². The number of anilines is 1. The summed E-state index contributed by atoms with van der Waals surface area (Å²) in [5.74, 6) is 0.762. The number of fused-ring (bicyclic) bond motifs is 1. The molecule has 0 aliphatic carbocycles. The van der Waals surface area contributed by atoms with Crippen LogP contribution in [-0.2, 0) is 0 Å². The molecule has 0 amide bonds. The summed E-state index contributed by atoms with van der Waals surface area (Å²) >= 11 is 0. The predicted octanol–water partition coefficient (Wildman–Crippen LogP) is 4.30. The van der Waals surface area contributed by atoms with Gasteiger partial charge in [-0.25, -0.2) is 4.98 Å². The Balaban J connectivity index is 1.99. The third kappa shape index (κ3) is 5.08. The molecule has 150 valence electrons. The van der Waals surface area contributed by atoms with E-state index in [9.17, 15) is 10.1 Å². The lowest BCUT2D eigenvalue weighted by Gasteiger charge is -2.14. The summed E-state index contributed by atoms with van der Waals surface area (Å²) in [6, 6.07) is 14.3. The molecule has 0 saturated carbocycles. The van der Waals surface area contributed by atoms with Gasteiger partial charge in [0, 0.05) is 30.2 Å². The van der Waals surface area contributed by atoms with Crippen LogP contribution in [-0.4, -0.2) is 49.1 Å². The van der Waals surface area contributed by atoms with Crippen LogP contribution in [0.15, 0.2) is 48.5 Å². The van der Waals surface area contributed by atoms with Gasteiger partial charge >= 0.3 is 0 Å². The molecule has 0 spiro atoms. The molecule has 7 heteroatoms. The quantitative estimate of drug-likeness (QED) is 0.455. The molecule has 0 fully saturated rings. The number of nitro groups is 1. The average molecular weight is 392 g/mol. The summed E-state index contributed by atoms with van der Waals surface area (Å²) in [6.07, 6.45) is 3.52. The monoisotopic (exact) mass is 392 g/mol. The highest BCUT2D eigenvalue weighted by atomic mass is 16.6. The van der Waals surface area contributed by atoms with Gasteiger partial charge in [-0.3, -0.25) is 10.1 Å². The maximum atomic E-state index is 11.2. The number of para-hydroxylation sites is 1. The third-order valence-corrected chi connectivity index (χ3v) is 4.48. The van der Waals surface area contributed by atoms with Gasteiger partial charge in [0.1, 0.15) is 5.75 Å². The number of ether oxygens (including phenoxy) is 1. The van der Waals surface area contributed by atoms with Gasteiger partial charge in [0.15, 0.2) is 0 Å². The van der Waals surface area contributed by atoms with Crippen LogP contribution in [0, 0.1) is 10.1 Å². The van der Waals surface area contributed by atoms with E-state index >= 15 is 0 Å². The van der Waals surface area contributed by atoms with E-state index in [1.54, 1.807) is 37.5 Å². The van der Waals surface area contributed by atoms with Gasteiger partial charge in [-0.1, -0.05) is 12.1 Å². The number of likely N-dealkylation sites (N-methyl/N-ethyl adjacent to an activating group) is 1. The Hall–Kier alpha value is -3.45. The number of benzene rings is 2. The molecule has 0 aliphatic heterocycles. The fourth-order valence-electron chi connectivity index (χ4n) is 2.97. The second kappa shape index (κ2) is 9.16. The standard InChI is InChI=1S/C22H24N4O3/c1-25(2)13-12-23-21-14-17(24-20-11-10-18(29-3)15-19(20)21)9-8-16-6-4-5-7-22(16)26(27)28/h4-11,14-15H,12-13H2,1-3H3,(H,23,24)/b9-8+. The van der Waals surface area contributed by atoms with Gasteiger partial charge in [-0.15, -0.1) is 0 Å². The van der Waals surface area contributed by atoms with E-state index in [1.165, 1.54) is 6.07 Å². The van der Waals surface area contributed by atoms with Gasteiger partial charge in [-0.05, 0) is 56.6 Å². The van der Waals surface area contributed by atoms with E-state index in [1.807, 2.05) is 38.4 Å². The lowest BCUT2D eigenvalue weighted by molar-refractivity contribution is -0.385. The summed E-state index contributed by atoms with van der Waals surface area (Å²) in [4.78, 5) is 17.6. The first kappa shape index (κ1) is 20.3. The molecular formula is C22H24N4O3. The minimum absolute atomic E-state index is 0.0682. The Labute approximate surface area is 169 Å². The van der Waals surface area contributed by atoms with Gasteiger partial charge in [-0.2, -0.15) is 0 Å². The molecule has 0 radical (unpaired) electrons. The van der Waals surface area contributed by atoms with E-state index in [0.717, 1.165) is 35.4 Å². The number of hydrogen-bond donors (Lipinski definition) is 1. The van der Waals surface area contributed by atoms with Crippen LogP contribution in [0.4, 0.5) is 11.4 Å². The Bertz CT molecular complexity index is 1050. The number of nitrogens with zero attached hydrogens (tertiary/aromatic N) is 3. The summed E-state index contributed by atoms with van der Waals surface area (Å²) < 4.78 is 5.35. The number of nitro benzene ring substituents is 1. The zero-order valence-electron chi connectivity index (χ0n) is 16.8. The molecule has 1 aromatic heterocycles. The van der Waals surface area contributed by atoms with E-state index in [4.69, 9.17) is 4.74 Å². The highest BCUT2D eigenvalue weighted by Gasteiger charge is 2.10. The number of hydrogen-bond acceptors (Lipinski definition) is 6. The lowest BCUT2D eigenvalue weighted by Crippen LogP contribution is -2.20. The van der Waals surface area contributed by atoms with Crippen molar-refractivity contribution in [2.24, 2.45) is 0 Å². The van der Waals surface area contributed by atoms with Gasteiger partial charge in [0.2, 0.25) is 0 Å². The summed E-state index contributed by atoms with van der Waals surface area (Å²) in [7, 11) is 5.68. The molecule has 3 rings (SSSR count). The Kier molecular flexibility index (Phi) is 6.41. The van der Waals surface area contributed by atoms with Crippen LogP contribution in [0.3, 0.4) is 0 Å². The molecule has 0 saturated heterocycles. The minimum atomic E-state index is -0.381. The van der Waals surface area contributed by atoms with E-state index in [-0.39, 0.29) is 10.6 Å². The smallest absolute Gasteiger partial charge is 0.276 e. The third-order valence-electron chi connectivity index (χ3n) is 4.48. The Morgan fingerprint density at radius 2 is 1.97 bits per heavy atom. The molecule has 0 atom stereocenters. The molecule has 29 heavy (non-hydrogen) atoms. The van der Waals surface area contributed by atoms with Crippen molar-refractivity contribution in [2.45, 2.75) is 0 Å². The SMILES string of the molecule is COc1ccc2nc(/C=C/c3ccccc3[N+](=O)[O-])cc(NCCN(C)C)c2c1. The van der Waals surface area contributed by atoms with Crippen molar-refractivity contribution < 1.29 is 9.66 Å². The largest absolute Gasteiger partial charge is 0.497 e. The number of pyridine rings is 1. The second-order valence-corrected chi connectivity index (χ2v) is 6.86. The van der Waals surface area contributed by atoms with E-state index < -0.39 is 0 Å². The summed E-state index contributed by atoms with van der Waals surface area (Å²) in [5, 5.41) is 15.6. The molecule has 3 aromatic rings. The molecule has 7 nitrogen and oxygen atoms in total. The van der Waals surface area contributed by atoms with E-state index in [0.29, 0.717) is 11.3 Å². The molecule has 2 aromatic carbocycles. The van der Waals surface area contributed by atoms with Crippen molar-refractivity contribution in [1.82, 2.24) is 9.88 Å². The maximum absolute atomic E-state index is 11.2. The van der Waals surface area contributed by atoms with Crippen LogP contribution in [0.2, 0.25) is 0 Å². The zero-order valence-corrected chi connectivity index (χ0v) is 16.8. The first-order valence-corrected chi connectivity index (χ1v) is 9.27. The molecule has 0 aliphatic rings. The van der Waals surface area contributed by atoms with Crippen LogP contribution >= 0.6 is 0 Å². The van der Waals surface area contributed by atoms with Crippen molar-refractivity contribution in [3.63, 3.8) is 0 Å². The van der Waals surface area contributed by atoms with Crippen molar-refractivity contribution in [1.29, 1.82) is 0 Å². The summed E-state index contributed by atoms with van der Waals surface area (Å²) in [6.45, 7) is 1.66. The number of nitrogens with one attached hydrogen (secondary N) is 1. The van der Waals surface area contributed by atoms with Crippen molar-refractivity contribution >= 4 is 34.4 Å². The molecule has 0 unspecified atom stereocenters. The van der Waals surface area contributed by atoms with E-state index in [2.05, 4.69) is 15.2 Å². The predicted molar refractivity (Wildman–Crippen MR) is 117 cm³/mol. The van der Waals surface area contributed by atoms with Gasteiger partial charge < -0.3 is 15.0 Å². The Morgan fingerprint density at radius 1 is 1.17 bits per heavy atom. The molecule has 1 N–H and O–H groups in total. The highest BCUT2D eigenvalue weighted by Crippen LogP contribution is 2.28. The second-order valence-electron chi connectivity index (χ2n) is 6.86. The lowest BCUT2D eigenvalue weighted by atomic mass is 10.1. The van der Waals surface area contributed by atoms with Gasteiger partial charge in [0.25, 0.3) is 5.69 Å². The normalized spacial score (nSPS) is 11.3. The Morgan fingerprint density at radius 3 is 2.69 bits per heavy atom. The first-order chi connectivity index (χ1) is 14.0. The first-order valence-electron chi connectivity index (χ1n) is 9.27. The molecule has 0 bridgehead atoms. The summed E-state index contributed by atoms with van der Waals surface area (Å²) in [5.41, 5.74) is 3.09. The number of aromatic nitrogens is 1. The number of rotatable bonds is 8. The molecular weight excluding hydrogens is 368 g/mol. The fourth-order valence-corrected chi connectivity index (χ4v) is 2.97. The van der Waals surface area contributed by atoms with Crippen molar-refractivity contribution in [3.8, 4) is 5.75 Å². The zero-order chi connectivity index (χ0) is 20.8. The van der Waals surface area contributed by atoms with Crippen LogP contribution in [0.5, 0.6) is 5.75 Å².